The summed E-state index contributed by atoms with van der Waals surface area (Å²) in [6, 6.07) is 0. The monoisotopic (exact) mass is 222 g/mol. The van der Waals surface area contributed by atoms with Crippen molar-refractivity contribution in [1.29, 1.82) is 0 Å². The van der Waals surface area contributed by atoms with Crippen molar-refractivity contribution in [3.05, 3.63) is 10.6 Å². The average molecular weight is 222 g/mol. The number of aromatic nitrogens is 3. The second kappa shape index (κ2) is 3.27. The molecule has 1 heterocycles. The fraction of sp³-hybridized carbons (Fsp3) is 0.700. The predicted molar refractivity (Wildman–Crippen MR) is 59.8 cm³/mol. The van der Waals surface area contributed by atoms with Crippen molar-refractivity contribution in [3.8, 4) is 0 Å². The molecule has 15 heavy (non-hydrogen) atoms. The van der Waals surface area contributed by atoms with Crippen LogP contribution < -0.4 is 5.73 Å². The van der Waals surface area contributed by atoms with Crippen molar-refractivity contribution < 1.29 is 0 Å². The van der Waals surface area contributed by atoms with E-state index in [-0.39, 0.29) is 0 Å². The first-order chi connectivity index (χ1) is 7.22. The lowest BCUT2D eigenvalue weighted by Crippen LogP contribution is -2.14. The molecule has 2 aliphatic carbocycles. The summed E-state index contributed by atoms with van der Waals surface area (Å²) >= 11 is 4.99. The van der Waals surface area contributed by atoms with Crippen molar-refractivity contribution in [2.45, 2.75) is 31.6 Å². The van der Waals surface area contributed by atoms with Crippen LogP contribution in [-0.4, -0.2) is 15.0 Å². The van der Waals surface area contributed by atoms with Crippen LogP contribution >= 0.6 is 12.2 Å². The zero-order valence-electron chi connectivity index (χ0n) is 8.44. The maximum absolute atomic E-state index is 5.65. The minimum Gasteiger partial charge on any atom is -0.369 e. The van der Waals surface area contributed by atoms with Gasteiger partial charge in [0.2, 0.25) is 10.7 Å². The molecule has 0 aromatic carbocycles. The lowest BCUT2D eigenvalue weighted by atomic mass is 9.88. The van der Waals surface area contributed by atoms with Crippen LogP contribution in [0.25, 0.3) is 0 Å². The van der Waals surface area contributed by atoms with Crippen LogP contribution in [0.4, 0.5) is 5.95 Å². The summed E-state index contributed by atoms with van der Waals surface area (Å²) in [5, 5.41) is 0. The molecule has 1 aromatic rings. The lowest BCUT2D eigenvalue weighted by molar-refractivity contribution is 0.404. The van der Waals surface area contributed by atoms with E-state index in [0.717, 1.165) is 17.7 Å². The van der Waals surface area contributed by atoms with Crippen LogP contribution in [0, 0.1) is 16.6 Å². The normalized spacial score (nSPS) is 33.5. The summed E-state index contributed by atoms with van der Waals surface area (Å²) in [4.78, 5) is 11.3. The van der Waals surface area contributed by atoms with Gasteiger partial charge in [-0.15, -0.1) is 0 Å². The summed E-state index contributed by atoms with van der Waals surface area (Å²) in [5.41, 5.74) is 5.65. The number of aromatic amines is 1. The van der Waals surface area contributed by atoms with E-state index in [1.807, 2.05) is 0 Å². The zero-order valence-corrected chi connectivity index (χ0v) is 9.26. The number of anilines is 1. The van der Waals surface area contributed by atoms with Crippen LogP contribution in [0.5, 0.6) is 0 Å². The van der Waals surface area contributed by atoms with Gasteiger partial charge in [0.15, 0.2) is 0 Å². The molecule has 0 radical (unpaired) electrons. The zero-order chi connectivity index (χ0) is 10.4. The molecule has 3 atom stereocenters. The van der Waals surface area contributed by atoms with Gasteiger partial charge in [0.25, 0.3) is 0 Å². The molecule has 1 aromatic heterocycles. The molecular formula is C10H14N4S. The van der Waals surface area contributed by atoms with Crippen molar-refractivity contribution >= 4 is 18.2 Å². The fourth-order valence-corrected chi connectivity index (χ4v) is 3.37. The second-order valence-corrected chi connectivity index (χ2v) is 5.05. The maximum atomic E-state index is 5.65. The summed E-state index contributed by atoms with van der Waals surface area (Å²) in [5.74, 6) is 3.58. The number of hydrogen-bond acceptors (Lipinski definition) is 4. The number of rotatable bonds is 1. The molecule has 4 nitrogen and oxygen atoms in total. The van der Waals surface area contributed by atoms with Gasteiger partial charge in [-0.1, -0.05) is 6.42 Å². The Morgan fingerprint density at radius 2 is 2.13 bits per heavy atom. The highest BCUT2D eigenvalue weighted by Gasteiger charge is 2.41. The molecule has 0 saturated heterocycles. The summed E-state index contributed by atoms with van der Waals surface area (Å²) in [6.07, 6.45) is 5.32. The third-order valence-electron chi connectivity index (χ3n) is 3.78. The summed E-state index contributed by atoms with van der Waals surface area (Å²) in [6.45, 7) is 0. The maximum Gasteiger partial charge on any atom is 0.224 e. The van der Waals surface area contributed by atoms with Crippen LogP contribution in [-0.2, 0) is 0 Å². The quantitative estimate of drug-likeness (QED) is 0.713. The SMILES string of the molecule is Nc1nc(=S)nc(C2CC3CCC2C3)[nH]1. The van der Waals surface area contributed by atoms with Crippen LogP contribution in [0.15, 0.2) is 0 Å². The van der Waals surface area contributed by atoms with Gasteiger partial charge < -0.3 is 10.7 Å². The van der Waals surface area contributed by atoms with Gasteiger partial charge in [-0.2, -0.15) is 4.98 Å². The molecule has 0 aliphatic heterocycles. The third-order valence-corrected chi connectivity index (χ3v) is 3.96. The minimum atomic E-state index is 0.365. The Hall–Kier alpha value is -0.970. The molecule has 0 spiro atoms. The van der Waals surface area contributed by atoms with E-state index in [0.29, 0.717) is 16.6 Å². The summed E-state index contributed by atoms with van der Waals surface area (Å²) in [7, 11) is 0. The molecular weight excluding hydrogens is 208 g/mol. The summed E-state index contributed by atoms with van der Waals surface area (Å²) < 4.78 is 0.365. The number of nitrogen functional groups attached to an aromatic ring is 1. The molecule has 2 bridgehead atoms. The molecule has 3 rings (SSSR count). The predicted octanol–water partition coefficient (Wildman–Crippen LogP) is 2.02. The van der Waals surface area contributed by atoms with E-state index >= 15 is 0 Å². The number of nitrogens with one attached hydrogen (secondary N) is 1. The first-order valence-corrected chi connectivity index (χ1v) is 5.87. The molecule has 0 amide bonds. The van der Waals surface area contributed by atoms with Crippen LogP contribution in [0.2, 0.25) is 0 Å². The van der Waals surface area contributed by atoms with E-state index in [1.165, 1.54) is 25.7 Å². The van der Waals surface area contributed by atoms with Crippen molar-refractivity contribution in [2.75, 3.05) is 5.73 Å². The van der Waals surface area contributed by atoms with Gasteiger partial charge in [0.1, 0.15) is 5.82 Å². The molecule has 2 aliphatic rings. The van der Waals surface area contributed by atoms with E-state index in [1.54, 1.807) is 0 Å². The number of hydrogen-bond donors (Lipinski definition) is 2. The third kappa shape index (κ3) is 1.55. The van der Waals surface area contributed by atoms with Gasteiger partial charge >= 0.3 is 0 Å². The Balaban J connectivity index is 1.96. The standard InChI is InChI=1S/C10H14N4S/c11-9-12-8(13-10(15)14-9)7-4-5-1-2-6(7)3-5/h5-7H,1-4H2,(H3,11,12,13,14,15). The van der Waals surface area contributed by atoms with Gasteiger partial charge in [-0.25, -0.2) is 4.98 Å². The molecule has 2 saturated carbocycles. The highest BCUT2D eigenvalue weighted by molar-refractivity contribution is 7.71. The van der Waals surface area contributed by atoms with E-state index in [2.05, 4.69) is 15.0 Å². The van der Waals surface area contributed by atoms with Gasteiger partial charge in [-0.05, 0) is 43.3 Å². The Morgan fingerprint density at radius 3 is 2.73 bits per heavy atom. The van der Waals surface area contributed by atoms with E-state index < -0.39 is 0 Å². The Labute approximate surface area is 93.3 Å². The van der Waals surface area contributed by atoms with Crippen LogP contribution in [0.3, 0.4) is 0 Å². The van der Waals surface area contributed by atoms with E-state index in [4.69, 9.17) is 18.0 Å². The molecule has 2 fully saturated rings. The van der Waals surface area contributed by atoms with E-state index in [9.17, 15) is 0 Å². The average Bonchev–Trinajstić information content (AvgIpc) is 2.76. The highest BCUT2D eigenvalue weighted by Crippen LogP contribution is 2.51. The van der Waals surface area contributed by atoms with Crippen molar-refractivity contribution in [3.63, 3.8) is 0 Å². The second-order valence-electron chi connectivity index (χ2n) is 4.68. The fourth-order valence-electron chi connectivity index (χ4n) is 3.17. The van der Waals surface area contributed by atoms with Crippen LogP contribution in [0.1, 0.15) is 37.4 Å². The minimum absolute atomic E-state index is 0.365. The Kier molecular flexibility index (Phi) is 2.02. The lowest BCUT2D eigenvalue weighted by Gasteiger charge is -2.20. The van der Waals surface area contributed by atoms with Crippen molar-refractivity contribution in [2.24, 2.45) is 11.8 Å². The molecule has 80 valence electrons. The Bertz CT molecular complexity index is 441. The van der Waals surface area contributed by atoms with Gasteiger partial charge in [0.05, 0.1) is 0 Å². The number of nitrogens with two attached hydrogens (primary N) is 1. The van der Waals surface area contributed by atoms with Gasteiger partial charge in [-0.3, -0.25) is 0 Å². The number of nitrogens with zero attached hydrogens (tertiary/aromatic N) is 2. The topological polar surface area (TPSA) is 67.6 Å². The Morgan fingerprint density at radius 1 is 1.27 bits per heavy atom. The molecule has 3 unspecified atom stereocenters. The molecule has 5 heteroatoms. The van der Waals surface area contributed by atoms with Gasteiger partial charge in [0, 0.05) is 5.92 Å². The largest absolute Gasteiger partial charge is 0.369 e. The first-order valence-electron chi connectivity index (χ1n) is 5.46. The number of H-pyrrole nitrogens is 1. The smallest absolute Gasteiger partial charge is 0.224 e. The molecule has 3 N–H and O–H groups in total. The highest BCUT2D eigenvalue weighted by atomic mass is 32.1. The van der Waals surface area contributed by atoms with Crippen molar-refractivity contribution in [1.82, 2.24) is 15.0 Å². The number of fused-ring (bicyclic) bond motifs is 2. The first kappa shape index (κ1) is 9.27.